The molecule has 6 heteroatoms. The van der Waals surface area contributed by atoms with Gasteiger partial charge in [0.15, 0.2) is 5.78 Å². The largest absolute Gasteiger partial charge is 0.461 e. The van der Waals surface area contributed by atoms with E-state index < -0.39 is 17.2 Å². The Kier molecular flexibility index (Phi) is 6.91. The van der Waals surface area contributed by atoms with E-state index in [-0.39, 0.29) is 24.9 Å². The molecule has 0 aromatic heterocycles. The summed E-state index contributed by atoms with van der Waals surface area (Å²) in [5.41, 5.74) is -1.70. The molecule has 1 saturated heterocycles. The van der Waals surface area contributed by atoms with E-state index in [4.69, 9.17) is 19.2 Å². The van der Waals surface area contributed by atoms with E-state index in [1.54, 1.807) is 26.8 Å². The van der Waals surface area contributed by atoms with Gasteiger partial charge >= 0.3 is 5.97 Å². The predicted molar refractivity (Wildman–Crippen MR) is 113 cm³/mol. The predicted octanol–water partition coefficient (Wildman–Crippen LogP) is 4.64. The summed E-state index contributed by atoms with van der Waals surface area (Å²) in [6, 6.07) is 13.2. The first-order valence-electron chi connectivity index (χ1n) is 10.3. The highest BCUT2D eigenvalue weighted by atomic mass is 17.2. The van der Waals surface area contributed by atoms with Crippen LogP contribution in [-0.2, 0) is 24.0 Å². The molecule has 2 unspecified atom stereocenters. The summed E-state index contributed by atoms with van der Waals surface area (Å²) in [4.78, 5) is 37.1. The van der Waals surface area contributed by atoms with Gasteiger partial charge in [-0.2, -0.15) is 0 Å². The van der Waals surface area contributed by atoms with Gasteiger partial charge in [-0.1, -0.05) is 42.5 Å². The number of rotatable bonds is 8. The first-order chi connectivity index (χ1) is 14.2. The van der Waals surface area contributed by atoms with Crippen LogP contribution in [0.2, 0.25) is 0 Å². The number of hydrogen-bond donors (Lipinski definition) is 0. The van der Waals surface area contributed by atoms with Crippen molar-refractivity contribution in [2.45, 2.75) is 64.3 Å². The molecule has 0 aliphatic carbocycles. The van der Waals surface area contributed by atoms with Crippen molar-refractivity contribution in [3.8, 4) is 0 Å². The van der Waals surface area contributed by atoms with E-state index in [0.717, 1.165) is 23.6 Å². The third-order valence-corrected chi connectivity index (χ3v) is 4.92. The molecule has 6 nitrogen and oxygen atoms in total. The van der Waals surface area contributed by atoms with Gasteiger partial charge in [-0.05, 0) is 51.3 Å². The molecule has 0 spiro atoms. The average Bonchev–Trinajstić information content (AvgIpc) is 3.23. The maximum Gasteiger partial charge on any atom is 0.342 e. The Labute approximate surface area is 177 Å². The van der Waals surface area contributed by atoms with Crippen LogP contribution in [0.4, 0.5) is 0 Å². The SMILES string of the molecule is CC(C)(C)OOC(C)(CC(=O)c1cccc2ccccc12)C(=O)OCC1CCCO1. The number of ketones is 1. The monoisotopic (exact) mass is 414 g/mol. The van der Waals surface area contributed by atoms with Gasteiger partial charge in [0.1, 0.15) is 6.61 Å². The Balaban J connectivity index is 1.79. The third-order valence-electron chi connectivity index (χ3n) is 4.92. The second-order valence-electron chi connectivity index (χ2n) is 8.87. The first kappa shape index (κ1) is 22.4. The fraction of sp³-hybridized carbons (Fsp3) is 0.500. The second kappa shape index (κ2) is 9.25. The van der Waals surface area contributed by atoms with Gasteiger partial charge in [-0.25, -0.2) is 14.6 Å². The molecular weight excluding hydrogens is 384 g/mol. The minimum atomic E-state index is -1.58. The van der Waals surface area contributed by atoms with Crippen molar-refractivity contribution in [3.05, 3.63) is 48.0 Å². The van der Waals surface area contributed by atoms with E-state index in [1.165, 1.54) is 6.92 Å². The van der Waals surface area contributed by atoms with Crippen LogP contribution in [0.1, 0.15) is 57.3 Å². The fourth-order valence-electron chi connectivity index (χ4n) is 3.32. The lowest BCUT2D eigenvalue weighted by Crippen LogP contribution is -2.44. The summed E-state index contributed by atoms with van der Waals surface area (Å²) in [5, 5.41) is 1.79. The van der Waals surface area contributed by atoms with Gasteiger partial charge < -0.3 is 9.47 Å². The van der Waals surface area contributed by atoms with Crippen LogP contribution in [0.25, 0.3) is 10.8 Å². The zero-order valence-corrected chi connectivity index (χ0v) is 18.1. The number of carbonyl (C=O) groups excluding carboxylic acids is 2. The lowest BCUT2D eigenvalue weighted by Gasteiger charge is -2.30. The number of ether oxygens (including phenoxy) is 2. The molecule has 0 N–H and O–H groups in total. The summed E-state index contributed by atoms with van der Waals surface area (Å²) in [7, 11) is 0. The van der Waals surface area contributed by atoms with E-state index in [0.29, 0.717) is 12.2 Å². The van der Waals surface area contributed by atoms with E-state index in [9.17, 15) is 9.59 Å². The van der Waals surface area contributed by atoms with Crippen molar-refractivity contribution in [3.63, 3.8) is 0 Å². The van der Waals surface area contributed by atoms with Crippen LogP contribution < -0.4 is 0 Å². The zero-order chi connectivity index (χ0) is 21.8. The number of esters is 1. The summed E-state index contributed by atoms with van der Waals surface area (Å²) in [6.45, 7) is 7.74. The van der Waals surface area contributed by atoms with Gasteiger partial charge in [0.2, 0.25) is 5.60 Å². The Morgan fingerprint density at radius 1 is 1.03 bits per heavy atom. The maximum absolute atomic E-state index is 13.2. The summed E-state index contributed by atoms with van der Waals surface area (Å²) < 4.78 is 11.0. The molecule has 2 aromatic rings. The summed E-state index contributed by atoms with van der Waals surface area (Å²) in [6.07, 6.45) is 1.47. The molecule has 1 heterocycles. The third kappa shape index (κ3) is 5.65. The Morgan fingerprint density at radius 2 is 1.77 bits per heavy atom. The minimum Gasteiger partial charge on any atom is -0.461 e. The Morgan fingerprint density at radius 3 is 2.47 bits per heavy atom. The minimum absolute atomic E-state index is 0.115. The highest BCUT2D eigenvalue weighted by molar-refractivity contribution is 6.09. The molecule has 1 fully saturated rings. The number of hydrogen-bond acceptors (Lipinski definition) is 6. The molecule has 0 amide bonds. The molecule has 0 saturated carbocycles. The summed E-state index contributed by atoms with van der Waals surface area (Å²) >= 11 is 0. The molecule has 30 heavy (non-hydrogen) atoms. The van der Waals surface area contributed by atoms with Crippen molar-refractivity contribution >= 4 is 22.5 Å². The Bertz CT molecular complexity index is 889. The smallest absolute Gasteiger partial charge is 0.342 e. The maximum atomic E-state index is 13.2. The molecule has 0 bridgehead atoms. The van der Waals surface area contributed by atoms with Gasteiger partial charge in [0.25, 0.3) is 0 Å². The number of benzene rings is 2. The van der Waals surface area contributed by atoms with Crippen LogP contribution in [0.15, 0.2) is 42.5 Å². The van der Waals surface area contributed by atoms with Gasteiger partial charge in [0, 0.05) is 12.2 Å². The molecule has 162 valence electrons. The second-order valence-corrected chi connectivity index (χ2v) is 8.87. The topological polar surface area (TPSA) is 71.1 Å². The van der Waals surface area contributed by atoms with Gasteiger partial charge in [-0.15, -0.1) is 0 Å². The van der Waals surface area contributed by atoms with Crippen LogP contribution in [0, 0.1) is 0 Å². The molecule has 1 aliphatic heterocycles. The molecule has 2 atom stereocenters. The quantitative estimate of drug-likeness (QED) is 0.271. The standard InChI is InChI=1S/C24H30O6/c1-23(2,3)29-30-24(4,22(26)28-16-18-11-8-14-27-18)15-21(25)20-13-7-10-17-9-5-6-12-19(17)20/h5-7,9-10,12-13,18H,8,11,14-16H2,1-4H3. The average molecular weight is 414 g/mol. The van der Waals surface area contributed by atoms with E-state index in [1.807, 2.05) is 36.4 Å². The molecule has 3 rings (SSSR count). The van der Waals surface area contributed by atoms with Crippen molar-refractivity contribution in [2.75, 3.05) is 13.2 Å². The van der Waals surface area contributed by atoms with Gasteiger partial charge in [0.05, 0.1) is 18.1 Å². The molecular formula is C24H30O6. The number of fused-ring (bicyclic) bond motifs is 1. The lowest BCUT2D eigenvalue weighted by atomic mass is 9.93. The van der Waals surface area contributed by atoms with E-state index in [2.05, 4.69) is 0 Å². The molecule has 1 aliphatic rings. The first-order valence-corrected chi connectivity index (χ1v) is 10.3. The highest BCUT2D eigenvalue weighted by Gasteiger charge is 2.42. The van der Waals surface area contributed by atoms with Crippen molar-refractivity contribution < 1.29 is 28.8 Å². The lowest BCUT2D eigenvalue weighted by molar-refractivity contribution is -0.392. The van der Waals surface area contributed by atoms with E-state index >= 15 is 0 Å². The van der Waals surface area contributed by atoms with Crippen LogP contribution in [0.5, 0.6) is 0 Å². The Hall–Kier alpha value is -2.28. The van der Waals surface area contributed by atoms with Crippen molar-refractivity contribution in [2.24, 2.45) is 0 Å². The van der Waals surface area contributed by atoms with Gasteiger partial charge in [-0.3, -0.25) is 4.79 Å². The highest BCUT2D eigenvalue weighted by Crippen LogP contribution is 2.27. The molecule has 0 radical (unpaired) electrons. The van der Waals surface area contributed by atoms with Crippen LogP contribution in [0.3, 0.4) is 0 Å². The van der Waals surface area contributed by atoms with Crippen LogP contribution >= 0.6 is 0 Å². The summed E-state index contributed by atoms with van der Waals surface area (Å²) in [5.74, 6) is -0.864. The number of Topliss-reactive ketones (excluding diaryl/α,β-unsaturated/α-hetero) is 1. The van der Waals surface area contributed by atoms with Crippen molar-refractivity contribution in [1.29, 1.82) is 0 Å². The van der Waals surface area contributed by atoms with Crippen LogP contribution in [-0.4, -0.2) is 42.3 Å². The fourth-order valence-corrected chi connectivity index (χ4v) is 3.32. The normalized spacial score (nSPS) is 18.9. The number of carbonyl (C=O) groups is 2. The molecule has 2 aromatic carbocycles. The zero-order valence-electron chi connectivity index (χ0n) is 18.1. The van der Waals surface area contributed by atoms with Crippen molar-refractivity contribution in [1.82, 2.24) is 0 Å².